The topological polar surface area (TPSA) is 81.4 Å². The van der Waals surface area contributed by atoms with Crippen LogP contribution in [0.25, 0.3) is 0 Å². The van der Waals surface area contributed by atoms with E-state index in [9.17, 15) is 9.59 Å². The SMILES string of the molecule is NC(=O)NC1=CCOC1=O. The Labute approximate surface area is 56.8 Å². The van der Waals surface area contributed by atoms with Crippen molar-refractivity contribution in [1.82, 2.24) is 5.32 Å². The van der Waals surface area contributed by atoms with Crippen molar-refractivity contribution in [3.05, 3.63) is 11.8 Å². The molecule has 0 aromatic carbocycles. The van der Waals surface area contributed by atoms with E-state index in [-0.39, 0.29) is 12.3 Å². The minimum Gasteiger partial charge on any atom is -0.457 e. The molecule has 0 atom stereocenters. The van der Waals surface area contributed by atoms with Gasteiger partial charge in [0.05, 0.1) is 0 Å². The van der Waals surface area contributed by atoms with Crippen molar-refractivity contribution in [3.63, 3.8) is 0 Å². The van der Waals surface area contributed by atoms with Gasteiger partial charge in [0.1, 0.15) is 12.3 Å². The van der Waals surface area contributed by atoms with E-state index in [1.54, 1.807) is 0 Å². The zero-order chi connectivity index (χ0) is 7.56. The second-order valence-corrected chi connectivity index (χ2v) is 1.71. The number of ether oxygens (including phenoxy) is 1. The van der Waals surface area contributed by atoms with Gasteiger partial charge in [-0.25, -0.2) is 9.59 Å². The predicted molar refractivity (Wildman–Crippen MR) is 31.8 cm³/mol. The van der Waals surface area contributed by atoms with Crippen LogP contribution in [0.1, 0.15) is 0 Å². The number of nitrogens with one attached hydrogen (secondary N) is 1. The van der Waals surface area contributed by atoms with Crippen LogP contribution in [0.5, 0.6) is 0 Å². The quantitative estimate of drug-likeness (QED) is 0.465. The molecule has 1 aliphatic rings. The number of primary amides is 1. The van der Waals surface area contributed by atoms with Crippen LogP contribution in [0.4, 0.5) is 4.79 Å². The van der Waals surface area contributed by atoms with Crippen LogP contribution in [0, 0.1) is 0 Å². The Hall–Kier alpha value is -1.52. The van der Waals surface area contributed by atoms with Crippen molar-refractivity contribution < 1.29 is 14.3 Å². The number of carbonyl (C=O) groups excluding carboxylic acids is 2. The van der Waals surface area contributed by atoms with Gasteiger partial charge in [0.15, 0.2) is 0 Å². The van der Waals surface area contributed by atoms with Crippen LogP contribution in [0.2, 0.25) is 0 Å². The second-order valence-electron chi connectivity index (χ2n) is 1.71. The highest BCUT2D eigenvalue weighted by Gasteiger charge is 2.17. The molecular formula is C5H6N2O3. The molecule has 10 heavy (non-hydrogen) atoms. The van der Waals surface area contributed by atoms with Crippen LogP contribution >= 0.6 is 0 Å². The largest absolute Gasteiger partial charge is 0.457 e. The molecule has 3 N–H and O–H groups in total. The van der Waals surface area contributed by atoms with E-state index in [1.165, 1.54) is 6.08 Å². The third-order valence-corrected chi connectivity index (χ3v) is 0.980. The summed E-state index contributed by atoms with van der Waals surface area (Å²) in [6.45, 7) is 0.203. The summed E-state index contributed by atoms with van der Waals surface area (Å²) in [4.78, 5) is 20.7. The van der Waals surface area contributed by atoms with Crippen LogP contribution in [-0.2, 0) is 9.53 Å². The summed E-state index contributed by atoms with van der Waals surface area (Å²) < 4.78 is 4.46. The highest BCUT2D eigenvalue weighted by atomic mass is 16.5. The van der Waals surface area contributed by atoms with Crippen LogP contribution in [-0.4, -0.2) is 18.6 Å². The molecule has 0 aliphatic carbocycles. The van der Waals surface area contributed by atoms with E-state index in [1.807, 2.05) is 0 Å². The number of carbonyl (C=O) groups is 2. The zero-order valence-electron chi connectivity index (χ0n) is 5.09. The van der Waals surface area contributed by atoms with Gasteiger partial charge in [-0.15, -0.1) is 0 Å². The maximum absolute atomic E-state index is 10.5. The first-order chi connectivity index (χ1) is 4.70. The Morgan fingerprint density at radius 2 is 2.50 bits per heavy atom. The normalized spacial score (nSPS) is 16.0. The third-order valence-electron chi connectivity index (χ3n) is 0.980. The number of hydrogen-bond donors (Lipinski definition) is 2. The molecule has 0 unspecified atom stereocenters. The van der Waals surface area contributed by atoms with Crippen molar-refractivity contribution in [2.45, 2.75) is 0 Å². The Morgan fingerprint density at radius 1 is 1.80 bits per heavy atom. The van der Waals surface area contributed by atoms with Gasteiger partial charge in [-0.3, -0.25) is 0 Å². The van der Waals surface area contributed by atoms with Crippen molar-refractivity contribution in [2.75, 3.05) is 6.61 Å². The second kappa shape index (κ2) is 2.38. The van der Waals surface area contributed by atoms with Crippen molar-refractivity contribution in [1.29, 1.82) is 0 Å². The number of rotatable bonds is 1. The number of esters is 1. The number of amides is 2. The summed E-state index contributed by atoms with van der Waals surface area (Å²) in [5, 5.41) is 2.12. The van der Waals surface area contributed by atoms with Crippen LogP contribution < -0.4 is 11.1 Å². The summed E-state index contributed by atoms with van der Waals surface area (Å²) in [7, 11) is 0. The lowest BCUT2D eigenvalue weighted by atomic mass is 10.4. The van der Waals surface area contributed by atoms with Crippen molar-refractivity contribution in [2.24, 2.45) is 5.73 Å². The van der Waals surface area contributed by atoms with E-state index in [2.05, 4.69) is 10.1 Å². The van der Waals surface area contributed by atoms with Crippen molar-refractivity contribution >= 4 is 12.0 Å². The molecule has 5 heteroatoms. The first kappa shape index (κ1) is 6.60. The average Bonchev–Trinajstić information content (AvgIpc) is 2.15. The molecule has 0 saturated heterocycles. The molecule has 1 aliphatic heterocycles. The fourth-order valence-electron chi connectivity index (χ4n) is 0.597. The minimum atomic E-state index is -0.759. The highest BCUT2D eigenvalue weighted by Crippen LogP contribution is 2.01. The molecule has 54 valence electrons. The Morgan fingerprint density at radius 3 is 2.90 bits per heavy atom. The Kier molecular flexibility index (Phi) is 1.57. The third kappa shape index (κ3) is 1.25. The van der Waals surface area contributed by atoms with Gasteiger partial charge in [-0.2, -0.15) is 0 Å². The van der Waals surface area contributed by atoms with Gasteiger partial charge >= 0.3 is 12.0 Å². The van der Waals surface area contributed by atoms with E-state index >= 15 is 0 Å². The Bertz CT molecular complexity index is 209. The molecule has 0 aromatic heterocycles. The molecule has 5 nitrogen and oxygen atoms in total. The smallest absolute Gasteiger partial charge is 0.354 e. The Balaban J connectivity index is 2.56. The minimum absolute atomic E-state index is 0.118. The molecule has 0 saturated carbocycles. The fraction of sp³-hybridized carbons (Fsp3) is 0.200. The zero-order valence-corrected chi connectivity index (χ0v) is 5.09. The van der Waals surface area contributed by atoms with Gasteiger partial charge in [0, 0.05) is 0 Å². The van der Waals surface area contributed by atoms with E-state index in [0.29, 0.717) is 0 Å². The lowest BCUT2D eigenvalue weighted by molar-refractivity contribution is -0.136. The molecule has 1 heterocycles. The van der Waals surface area contributed by atoms with E-state index in [0.717, 1.165) is 0 Å². The molecule has 0 aromatic rings. The molecule has 2 amide bonds. The lowest BCUT2D eigenvalue weighted by Gasteiger charge is -1.96. The van der Waals surface area contributed by atoms with Gasteiger partial charge in [0.2, 0.25) is 0 Å². The summed E-state index contributed by atoms with van der Waals surface area (Å²) in [6, 6.07) is -0.759. The lowest BCUT2D eigenvalue weighted by Crippen LogP contribution is -2.30. The number of hydrogen-bond acceptors (Lipinski definition) is 3. The molecule has 0 bridgehead atoms. The van der Waals surface area contributed by atoms with Gasteiger partial charge in [-0.1, -0.05) is 0 Å². The summed E-state index contributed by atoms with van der Waals surface area (Å²) in [6.07, 6.45) is 1.45. The highest BCUT2D eigenvalue weighted by molar-refractivity contribution is 5.94. The number of urea groups is 1. The maximum atomic E-state index is 10.5. The van der Waals surface area contributed by atoms with Crippen LogP contribution in [0.3, 0.4) is 0 Å². The maximum Gasteiger partial charge on any atom is 0.354 e. The average molecular weight is 142 g/mol. The van der Waals surface area contributed by atoms with Gasteiger partial charge in [-0.05, 0) is 6.08 Å². The van der Waals surface area contributed by atoms with E-state index < -0.39 is 12.0 Å². The van der Waals surface area contributed by atoms with Crippen LogP contribution in [0.15, 0.2) is 11.8 Å². The molecule has 1 rings (SSSR count). The monoisotopic (exact) mass is 142 g/mol. The first-order valence-electron chi connectivity index (χ1n) is 2.64. The molecule has 0 spiro atoms. The molecular weight excluding hydrogens is 136 g/mol. The fourth-order valence-corrected chi connectivity index (χ4v) is 0.597. The van der Waals surface area contributed by atoms with E-state index in [4.69, 9.17) is 5.73 Å². The van der Waals surface area contributed by atoms with Crippen molar-refractivity contribution in [3.8, 4) is 0 Å². The van der Waals surface area contributed by atoms with Gasteiger partial charge < -0.3 is 15.8 Å². The number of cyclic esters (lactones) is 1. The summed E-state index contributed by atoms with van der Waals surface area (Å²) in [5.74, 6) is -0.543. The predicted octanol–water partition coefficient (Wildman–Crippen LogP) is -0.905. The molecule has 0 fully saturated rings. The van der Waals surface area contributed by atoms with Gasteiger partial charge in [0.25, 0.3) is 0 Å². The summed E-state index contributed by atoms with van der Waals surface area (Å²) in [5.41, 5.74) is 4.85. The summed E-state index contributed by atoms with van der Waals surface area (Å²) >= 11 is 0. The first-order valence-corrected chi connectivity index (χ1v) is 2.64. The molecule has 0 radical (unpaired) electrons. The number of nitrogens with two attached hydrogens (primary N) is 1. The standard InChI is InChI=1S/C5H6N2O3/c6-5(9)7-3-1-2-10-4(3)8/h1H,2H2,(H3,6,7,9).